The molecule has 0 amide bonds. The molecule has 0 radical (unpaired) electrons. The Bertz CT molecular complexity index is 750. The topological polar surface area (TPSA) is 41.0 Å². The van der Waals surface area contributed by atoms with Gasteiger partial charge in [0.05, 0.1) is 10.7 Å². The first-order chi connectivity index (χ1) is 12.8. The smallest absolute Gasteiger partial charge is 0.148 e. The summed E-state index contributed by atoms with van der Waals surface area (Å²) in [6, 6.07) is 8.38. The molecule has 27 heavy (non-hydrogen) atoms. The van der Waals surface area contributed by atoms with Gasteiger partial charge in [-0.05, 0) is 61.6 Å². The van der Waals surface area contributed by atoms with Crippen LogP contribution in [-0.4, -0.2) is 40.8 Å². The number of hydrogen-bond acceptors (Lipinski definition) is 4. The number of aromatic nitrogens is 2. The minimum atomic E-state index is -0.336. The molecule has 0 saturated carbocycles. The lowest BCUT2D eigenvalue weighted by atomic mass is 9.91. The Balaban J connectivity index is 1.53. The van der Waals surface area contributed by atoms with Gasteiger partial charge >= 0.3 is 0 Å². The van der Waals surface area contributed by atoms with Crippen molar-refractivity contribution in [3.05, 3.63) is 41.2 Å². The van der Waals surface area contributed by atoms with Crippen molar-refractivity contribution >= 4 is 17.4 Å². The van der Waals surface area contributed by atoms with Gasteiger partial charge in [0.25, 0.3) is 0 Å². The maximum Gasteiger partial charge on any atom is 0.148 e. The molecule has 0 aliphatic carbocycles. The summed E-state index contributed by atoms with van der Waals surface area (Å²) in [5, 5.41) is 12.4. The number of likely N-dealkylation sites (tertiary alicyclic amines) is 1. The lowest BCUT2D eigenvalue weighted by Gasteiger charge is -2.34. The lowest BCUT2D eigenvalue weighted by Crippen LogP contribution is -2.40. The summed E-state index contributed by atoms with van der Waals surface area (Å²) < 4.78 is 13.4. The summed E-state index contributed by atoms with van der Waals surface area (Å²) in [6.07, 6.45) is 3.42. The number of halogens is 2. The van der Waals surface area contributed by atoms with Gasteiger partial charge in [-0.3, -0.25) is 0 Å². The van der Waals surface area contributed by atoms with E-state index in [4.69, 9.17) is 11.6 Å². The zero-order valence-corrected chi connectivity index (χ0v) is 17.1. The molecular formula is C21H28ClFN4. The summed E-state index contributed by atoms with van der Waals surface area (Å²) in [4.78, 5) is 2.55. The molecule has 1 aliphatic heterocycles. The molecule has 3 rings (SSSR count). The quantitative estimate of drug-likeness (QED) is 0.757. The molecule has 1 saturated heterocycles. The molecule has 146 valence electrons. The van der Waals surface area contributed by atoms with Crippen molar-refractivity contribution in [2.45, 2.75) is 46.1 Å². The van der Waals surface area contributed by atoms with Gasteiger partial charge < -0.3 is 10.2 Å². The molecule has 2 heterocycles. The van der Waals surface area contributed by atoms with Crippen LogP contribution in [0.1, 0.15) is 40.0 Å². The van der Waals surface area contributed by atoms with Gasteiger partial charge in [0.1, 0.15) is 11.6 Å². The molecule has 1 N–H and O–H groups in total. The average Bonchev–Trinajstić information content (AvgIpc) is 2.63. The summed E-state index contributed by atoms with van der Waals surface area (Å²) in [5.41, 5.74) is 1.52. The second-order valence-corrected chi connectivity index (χ2v) is 8.91. The summed E-state index contributed by atoms with van der Waals surface area (Å²) in [6.45, 7) is 10.3. The van der Waals surface area contributed by atoms with E-state index >= 15 is 0 Å². The van der Waals surface area contributed by atoms with Crippen LogP contribution in [0, 0.1) is 11.2 Å². The molecule has 1 aromatic heterocycles. The third-order valence-electron chi connectivity index (χ3n) is 4.99. The van der Waals surface area contributed by atoms with Crippen LogP contribution in [0.2, 0.25) is 5.02 Å². The molecule has 6 heteroatoms. The van der Waals surface area contributed by atoms with E-state index in [1.165, 1.54) is 31.2 Å². The summed E-state index contributed by atoms with van der Waals surface area (Å²) in [5.74, 6) is 0.413. The van der Waals surface area contributed by atoms with Crippen molar-refractivity contribution in [3.8, 4) is 11.3 Å². The second kappa shape index (κ2) is 8.53. The number of nitrogens with zero attached hydrogens (tertiary/aromatic N) is 3. The SMILES string of the molecule is CC(C)(C)CCN1CCC(Nc2ccc(-c3cc(F)ccc3Cl)nn2)CC1. The van der Waals surface area contributed by atoms with Gasteiger partial charge in [0.2, 0.25) is 0 Å². The van der Waals surface area contributed by atoms with E-state index in [1.54, 1.807) is 0 Å². The number of rotatable bonds is 5. The first-order valence-corrected chi connectivity index (χ1v) is 9.96. The Morgan fingerprint density at radius 2 is 1.89 bits per heavy atom. The van der Waals surface area contributed by atoms with Crippen LogP contribution in [0.4, 0.5) is 10.2 Å². The number of anilines is 1. The number of benzene rings is 1. The van der Waals surface area contributed by atoms with E-state index < -0.39 is 0 Å². The molecule has 2 aromatic rings. The Labute approximate surface area is 166 Å². The van der Waals surface area contributed by atoms with Crippen molar-refractivity contribution in [3.63, 3.8) is 0 Å². The van der Waals surface area contributed by atoms with Crippen molar-refractivity contribution in [1.29, 1.82) is 0 Å². The average molecular weight is 391 g/mol. The van der Waals surface area contributed by atoms with E-state index in [-0.39, 0.29) is 5.82 Å². The zero-order valence-electron chi connectivity index (χ0n) is 16.3. The van der Waals surface area contributed by atoms with Gasteiger partial charge in [0, 0.05) is 24.7 Å². The molecule has 1 fully saturated rings. The van der Waals surface area contributed by atoms with Crippen molar-refractivity contribution in [2.24, 2.45) is 5.41 Å². The molecule has 1 aliphatic rings. The predicted molar refractivity (Wildman–Crippen MR) is 110 cm³/mol. The lowest BCUT2D eigenvalue weighted by molar-refractivity contribution is 0.189. The van der Waals surface area contributed by atoms with Crippen molar-refractivity contribution < 1.29 is 4.39 Å². The third kappa shape index (κ3) is 5.88. The highest BCUT2D eigenvalue weighted by molar-refractivity contribution is 6.33. The maximum absolute atomic E-state index is 13.4. The fourth-order valence-corrected chi connectivity index (χ4v) is 3.46. The summed E-state index contributed by atoms with van der Waals surface area (Å²) >= 11 is 6.14. The van der Waals surface area contributed by atoms with Crippen LogP contribution < -0.4 is 5.32 Å². The number of hydrogen-bond donors (Lipinski definition) is 1. The highest BCUT2D eigenvalue weighted by atomic mass is 35.5. The minimum absolute atomic E-state index is 0.336. The van der Waals surface area contributed by atoms with Crippen LogP contribution in [0.15, 0.2) is 30.3 Å². The van der Waals surface area contributed by atoms with Gasteiger partial charge in [-0.25, -0.2) is 4.39 Å². The predicted octanol–water partition coefficient (Wildman–Crippen LogP) is 5.25. The van der Waals surface area contributed by atoms with Crippen LogP contribution in [0.25, 0.3) is 11.3 Å². The van der Waals surface area contributed by atoms with E-state index in [2.05, 4.69) is 41.2 Å². The molecule has 0 spiro atoms. The van der Waals surface area contributed by atoms with Gasteiger partial charge in [-0.1, -0.05) is 32.4 Å². The van der Waals surface area contributed by atoms with E-state index in [1.807, 2.05) is 12.1 Å². The molecular weight excluding hydrogens is 363 g/mol. The standard InChI is InChI=1S/C21H28ClFN4/c1-21(2,3)10-13-27-11-8-16(9-12-27)24-20-7-6-19(25-26-20)17-14-15(23)4-5-18(17)22/h4-7,14,16H,8-13H2,1-3H3,(H,24,26). The molecule has 1 aromatic carbocycles. The first-order valence-electron chi connectivity index (χ1n) is 9.58. The molecule has 0 unspecified atom stereocenters. The summed E-state index contributed by atoms with van der Waals surface area (Å²) in [7, 11) is 0. The van der Waals surface area contributed by atoms with Crippen LogP contribution >= 0.6 is 11.6 Å². The normalized spacial score (nSPS) is 16.5. The minimum Gasteiger partial charge on any atom is -0.366 e. The molecule has 0 bridgehead atoms. The van der Waals surface area contributed by atoms with Crippen molar-refractivity contribution in [1.82, 2.24) is 15.1 Å². The van der Waals surface area contributed by atoms with E-state index in [0.717, 1.165) is 31.7 Å². The largest absolute Gasteiger partial charge is 0.366 e. The number of nitrogens with one attached hydrogen (secondary N) is 1. The fraction of sp³-hybridized carbons (Fsp3) is 0.524. The monoisotopic (exact) mass is 390 g/mol. The highest BCUT2D eigenvalue weighted by Crippen LogP contribution is 2.27. The van der Waals surface area contributed by atoms with Gasteiger partial charge in [-0.15, -0.1) is 10.2 Å². The van der Waals surface area contributed by atoms with Gasteiger partial charge in [-0.2, -0.15) is 0 Å². The van der Waals surface area contributed by atoms with E-state index in [9.17, 15) is 4.39 Å². The van der Waals surface area contributed by atoms with Crippen molar-refractivity contribution in [2.75, 3.05) is 25.0 Å². The van der Waals surface area contributed by atoms with E-state index in [0.29, 0.717) is 27.7 Å². The second-order valence-electron chi connectivity index (χ2n) is 8.50. The van der Waals surface area contributed by atoms with Gasteiger partial charge in [0.15, 0.2) is 0 Å². The Hall–Kier alpha value is -1.72. The highest BCUT2D eigenvalue weighted by Gasteiger charge is 2.21. The Morgan fingerprint density at radius 3 is 2.52 bits per heavy atom. The fourth-order valence-electron chi connectivity index (χ4n) is 3.25. The Morgan fingerprint density at radius 1 is 1.15 bits per heavy atom. The third-order valence-corrected chi connectivity index (χ3v) is 5.32. The Kier molecular flexibility index (Phi) is 6.33. The first kappa shape index (κ1) is 20.0. The molecule has 4 nitrogen and oxygen atoms in total. The maximum atomic E-state index is 13.4. The molecule has 0 atom stereocenters. The van der Waals surface area contributed by atoms with Crippen LogP contribution in [0.3, 0.4) is 0 Å². The van der Waals surface area contributed by atoms with Crippen LogP contribution in [-0.2, 0) is 0 Å². The number of piperidine rings is 1. The van der Waals surface area contributed by atoms with Crippen LogP contribution in [0.5, 0.6) is 0 Å². The zero-order chi connectivity index (χ0) is 19.4.